The molecule has 0 amide bonds. The van der Waals surface area contributed by atoms with E-state index in [9.17, 15) is 0 Å². The van der Waals surface area contributed by atoms with Gasteiger partial charge in [0.1, 0.15) is 0 Å². The van der Waals surface area contributed by atoms with Crippen LogP contribution in [0.1, 0.15) is 51.5 Å². The van der Waals surface area contributed by atoms with Crippen LogP contribution in [0.5, 0.6) is 0 Å². The Morgan fingerprint density at radius 1 is 1.12 bits per heavy atom. The van der Waals surface area contributed by atoms with Gasteiger partial charge < -0.3 is 15.1 Å². The van der Waals surface area contributed by atoms with Crippen molar-refractivity contribution >= 4 is 6.01 Å². The van der Waals surface area contributed by atoms with Gasteiger partial charge in [0.2, 0.25) is 5.89 Å². The molecule has 1 aromatic heterocycles. The molecule has 1 saturated heterocycles. The zero-order valence-electron chi connectivity index (χ0n) is 10.7. The lowest BCUT2D eigenvalue weighted by molar-refractivity contribution is 0.387. The molecule has 1 atom stereocenters. The fraction of sp³-hybridized carbons (Fsp3) is 0.833. The zero-order chi connectivity index (χ0) is 12.3. The minimum Gasteiger partial charge on any atom is -0.406 e. The minimum absolute atomic E-state index is 0.164. The molecule has 1 aliphatic heterocycles. The van der Waals surface area contributed by atoms with E-state index in [1.807, 2.05) is 0 Å². The topological polar surface area (TPSA) is 68.2 Å². The highest BCUT2D eigenvalue weighted by molar-refractivity contribution is 5.24. The van der Waals surface area contributed by atoms with E-state index in [4.69, 9.17) is 10.2 Å². The monoisotopic (exact) mass is 238 g/mol. The Labute approximate surface area is 102 Å². The fourth-order valence-electron chi connectivity index (χ4n) is 2.04. The first-order valence-corrected chi connectivity index (χ1v) is 6.52. The van der Waals surface area contributed by atoms with E-state index >= 15 is 0 Å². The van der Waals surface area contributed by atoms with Gasteiger partial charge in [0, 0.05) is 13.1 Å². The van der Waals surface area contributed by atoms with E-state index in [0.29, 0.717) is 17.8 Å². The SMILES string of the molecule is CC(C)C(N)c1nnc(N2CCCCCC2)o1. The Morgan fingerprint density at radius 2 is 1.76 bits per heavy atom. The summed E-state index contributed by atoms with van der Waals surface area (Å²) >= 11 is 0. The minimum atomic E-state index is -0.164. The molecule has 0 radical (unpaired) electrons. The van der Waals surface area contributed by atoms with Gasteiger partial charge in [-0.25, -0.2) is 0 Å². The van der Waals surface area contributed by atoms with Crippen LogP contribution in [-0.4, -0.2) is 23.3 Å². The van der Waals surface area contributed by atoms with Gasteiger partial charge in [-0.1, -0.05) is 31.8 Å². The molecule has 0 aromatic carbocycles. The highest BCUT2D eigenvalue weighted by Crippen LogP contribution is 2.22. The molecule has 2 N–H and O–H groups in total. The molecule has 2 heterocycles. The number of rotatable bonds is 3. The van der Waals surface area contributed by atoms with E-state index < -0.39 is 0 Å². The summed E-state index contributed by atoms with van der Waals surface area (Å²) in [6.45, 7) is 6.14. The maximum absolute atomic E-state index is 6.00. The molecule has 0 bridgehead atoms. The van der Waals surface area contributed by atoms with Crippen molar-refractivity contribution in [2.45, 2.75) is 45.6 Å². The molecule has 96 valence electrons. The second kappa shape index (κ2) is 5.49. The summed E-state index contributed by atoms with van der Waals surface area (Å²) in [5.74, 6) is 0.867. The lowest BCUT2D eigenvalue weighted by Crippen LogP contribution is -2.24. The molecule has 5 heteroatoms. The van der Waals surface area contributed by atoms with E-state index in [1.54, 1.807) is 0 Å². The van der Waals surface area contributed by atoms with Crippen LogP contribution in [0.4, 0.5) is 6.01 Å². The third-order valence-corrected chi connectivity index (χ3v) is 3.31. The molecule has 1 unspecified atom stereocenters. The number of hydrogen-bond acceptors (Lipinski definition) is 5. The molecule has 0 aliphatic carbocycles. The number of hydrogen-bond donors (Lipinski definition) is 1. The molecule has 2 rings (SSSR count). The zero-order valence-corrected chi connectivity index (χ0v) is 10.7. The lowest BCUT2D eigenvalue weighted by atomic mass is 10.1. The van der Waals surface area contributed by atoms with Gasteiger partial charge in [-0.2, -0.15) is 0 Å². The van der Waals surface area contributed by atoms with Gasteiger partial charge in [-0.05, 0) is 18.8 Å². The fourth-order valence-corrected chi connectivity index (χ4v) is 2.04. The molecule has 1 fully saturated rings. The van der Waals surface area contributed by atoms with E-state index in [2.05, 4.69) is 28.9 Å². The molecule has 1 aliphatic rings. The van der Waals surface area contributed by atoms with E-state index in [0.717, 1.165) is 13.1 Å². The van der Waals surface area contributed by atoms with Crippen LogP contribution in [0.15, 0.2) is 4.42 Å². The van der Waals surface area contributed by atoms with E-state index in [1.165, 1.54) is 25.7 Å². The molecule has 17 heavy (non-hydrogen) atoms. The van der Waals surface area contributed by atoms with Crippen molar-refractivity contribution in [3.63, 3.8) is 0 Å². The first kappa shape index (κ1) is 12.4. The predicted molar refractivity (Wildman–Crippen MR) is 66.7 cm³/mol. The third-order valence-electron chi connectivity index (χ3n) is 3.31. The van der Waals surface area contributed by atoms with Gasteiger partial charge in [0.05, 0.1) is 6.04 Å². The van der Waals surface area contributed by atoms with Crippen LogP contribution in [0, 0.1) is 5.92 Å². The number of aromatic nitrogens is 2. The van der Waals surface area contributed by atoms with Crippen molar-refractivity contribution < 1.29 is 4.42 Å². The standard InChI is InChI=1S/C12H22N4O/c1-9(2)10(13)11-14-15-12(17-11)16-7-5-3-4-6-8-16/h9-10H,3-8,13H2,1-2H3. The van der Waals surface area contributed by atoms with Crippen molar-refractivity contribution in [1.82, 2.24) is 10.2 Å². The summed E-state index contributed by atoms with van der Waals surface area (Å²) in [7, 11) is 0. The second-order valence-electron chi connectivity index (χ2n) is 5.09. The molecule has 0 spiro atoms. The van der Waals surface area contributed by atoms with Gasteiger partial charge >= 0.3 is 6.01 Å². The highest BCUT2D eigenvalue weighted by Gasteiger charge is 2.21. The van der Waals surface area contributed by atoms with Crippen LogP contribution in [0.2, 0.25) is 0 Å². The van der Waals surface area contributed by atoms with Crippen molar-refractivity contribution in [2.75, 3.05) is 18.0 Å². The van der Waals surface area contributed by atoms with Crippen LogP contribution >= 0.6 is 0 Å². The summed E-state index contributed by atoms with van der Waals surface area (Å²) in [5.41, 5.74) is 6.00. The van der Waals surface area contributed by atoms with Crippen molar-refractivity contribution in [3.05, 3.63) is 5.89 Å². The maximum atomic E-state index is 6.00. The second-order valence-corrected chi connectivity index (χ2v) is 5.09. The van der Waals surface area contributed by atoms with Gasteiger partial charge in [0.15, 0.2) is 0 Å². The Bertz CT molecular complexity index is 342. The Morgan fingerprint density at radius 3 is 2.35 bits per heavy atom. The van der Waals surface area contributed by atoms with Gasteiger partial charge in [-0.3, -0.25) is 0 Å². The van der Waals surface area contributed by atoms with Crippen molar-refractivity contribution in [3.8, 4) is 0 Å². The lowest BCUT2D eigenvalue weighted by Gasteiger charge is -2.16. The Kier molecular flexibility index (Phi) is 3.99. The Balaban J connectivity index is 2.06. The van der Waals surface area contributed by atoms with Crippen molar-refractivity contribution in [1.29, 1.82) is 0 Å². The summed E-state index contributed by atoms with van der Waals surface area (Å²) in [6.07, 6.45) is 4.99. The molecular weight excluding hydrogens is 216 g/mol. The van der Waals surface area contributed by atoms with Gasteiger partial charge in [-0.15, -0.1) is 5.10 Å². The largest absolute Gasteiger partial charge is 0.406 e. The number of nitrogens with two attached hydrogens (primary N) is 1. The summed E-state index contributed by atoms with van der Waals surface area (Å²) in [4.78, 5) is 2.18. The Hall–Kier alpha value is -1.10. The maximum Gasteiger partial charge on any atom is 0.318 e. The molecule has 1 aromatic rings. The first-order valence-electron chi connectivity index (χ1n) is 6.52. The summed E-state index contributed by atoms with van der Waals surface area (Å²) in [5, 5.41) is 8.17. The van der Waals surface area contributed by atoms with Crippen LogP contribution in [-0.2, 0) is 0 Å². The number of anilines is 1. The molecular formula is C12H22N4O. The average molecular weight is 238 g/mol. The summed E-state index contributed by atoms with van der Waals surface area (Å²) in [6, 6.07) is 0.473. The predicted octanol–water partition coefficient (Wildman–Crippen LogP) is 2.11. The normalized spacial score (nSPS) is 19.4. The highest BCUT2D eigenvalue weighted by atomic mass is 16.4. The summed E-state index contributed by atoms with van der Waals surface area (Å²) < 4.78 is 5.68. The average Bonchev–Trinajstić information content (AvgIpc) is 2.64. The quantitative estimate of drug-likeness (QED) is 0.873. The third kappa shape index (κ3) is 2.97. The van der Waals surface area contributed by atoms with E-state index in [-0.39, 0.29) is 6.04 Å². The first-order chi connectivity index (χ1) is 8.18. The molecule has 5 nitrogen and oxygen atoms in total. The smallest absolute Gasteiger partial charge is 0.318 e. The van der Waals surface area contributed by atoms with Gasteiger partial charge in [0.25, 0.3) is 0 Å². The van der Waals surface area contributed by atoms with Crippen LogP contribution in [0.25, 0.3) is 0 Å². The number of nitrogens with zero attached hydrogens (tertiary/aromatic N) is 3. The van der Waals surface area contributed by atoms with Crippen molar-refractivity contribution in [2.24, 2.45) is 11.7 Å². The molecule has 0 saturated carbocycles. The van der Waals surface area contributed by atoms with Crippen LogP contribution < -0.4 is 10.6 Å². The van der Waals surface area contributed by atoms with Crippen LogP contribution in [0.3, 0.4) is 0 Å².